The molecular weight excluding hydrogens is 449 g/mol. The molecule has 2 saturated heterocycles. The lowest BCUT2D eigenvalue weighted by molar-refractivity contribution is -0.138. The molecule has 2 amide bonds. The summed E-state index contributed by atoms with van der Waals surface area (Å²) in [4.78, 5) is 31.0. The van der Waals surface area contributed by atoms with Crippen LogP contribution in [-0.4, -0.2) is 61.9 Å². The standard InChI is InChI=1S/C24H25F3N4O3/c1-29(2)21(32)19-14-31(22(33)20-4-3-11-34-20)15-23(19)7-9-30(10-8-23)17-6-5-16(13-28)18(12-17)24(25,26)27/h3-6,11-12,19H,7-10,14-15H2,1-2H3. The molecule has 2 fully saturated rings. The molecule has 10 heteroatoms. The van der Waals surface area contributed by atoms with Gasteiger partial charge in [-0.1, -0.05) is 0 Å². The summed E-state index contributed by atoms with van der Waals surface area (Å²) in [6.45, 7) is 1.52. The first-order valence-electron chi connectivity index (χ1n) is 11.0. The second kappa shape index (κ2) is 8.70. The van der Waals surface area contributed by atoms with E-state index in [2.05, 4.69) is 0 Å². The van der Waals surface area contributed by atoms with Crippen molar-refractivity contribution in [2.75, 3.05) is 45.2 Å². The number of nitrogens with zero attached hydrogens (tertiary/aromatic N) is 4. The van der Waals surface area contributed by atoms with Crippen molar-refractivity contribution < 1.29 is 27.2 Å². The smallest absolute Gasteiger partial charge is 0.417 e. The maximum atomic E-state index is 13.4. The van der Waals surface area contributed by atoms with Crippen LogP contribution in [0.15, 0.2) is 41.0 Å². The van der Waals surface area contributed by atoms with E-state index in [0.29, 0.717) is 38.2 Å². The van der Waals surface area contributed by atoms with E-state index in [9.17, 15) is 22.8 Å². The predicted molar refractivity (Wildman–Crippen MR) is 117 cm³/mol. The van der Waals surface area contributed by atoms with Crippen molar-refractivity contribution in [3.8, 4) is 6.07 Å². The Morgan fingerprint density at radius 1 is 1.21 bits per heavy atom. The number of hydrogen-bond acceptors (Lipinski definition) is 5. The second-order valence-corrected chi connectivity index (χ2v) is 9.14. The molecule has 0 bridgehead atoms. The lowest BCUT2D eigenvalue weighted by Crippen LogP contribution is -2.48. The third-order valence-electron chi connectivity index (χ3n) is 6.96. The largest absolute Gasteiger partial charge is 0.459 e. The molecule has 7 nitrogen and oxygen atoms in total. The van der Waals surface area contributed by atoms with Crippen molar-refractivity contribution in [2.45, 2.75) is 19.0 Å². The summed E-state index contributed by atoms with van der Waals surface area (Å²) in [6, 6.07) is 8.55. The van der Waals surface area contributed by atoms with Crippen LogP contribution in [0.3, 0.4) is 0 Å². The number of hydrogen-bond donors (Lipinski definition) is 0. The summed E-state index contributed by atoms with van der Waals surface area (Å²) in [5.74, 6) is -0.540. The fraction of sp³-hybridized carbons (Fsp3) is 0.458. The van der Waals surface area contributed by atoms with Crippen LogP contribution in [0.2, 0.25) is 0 Å². The number of amides is 2. The average molecular weight is 474 g/mol. The van der Waals surface area contributed by atoms with E-state index in [1.165, 1.54) is 23.3 Å². The SMILES string of the molecule is CN(C)C(=O)C1CN(C(=O)c2ccco2)CC12CCN(c1ccc(C#N)c(C(F)(F)F)c1)CC2. The maximum absolute atomic E-state index is 13.4. The van der Waals surface area contributed by atoms with Gasteiger partial charge >= 0.3 is 6.18 Å². The van der Waals surface area contributed by atoms with E-state index in [0.717, 1.165) is 6.07 Å². The van der Waals surface area contributed by atoms with Gasteiger partial charge in [-0.15, -0.1) is 0 Å². The van der Waals surface area contributed by atoms with Gasteiger partial charge in [0.1, 0.15) is 0 Å². The first kappa shape index (κ1) is 23.7. The van der Waals surface area contributed by atoms with Gasteiger partial charge < -0.3 is 19.1 Å². The Labute approximate surface area is 195 Å². The Hall–Kier alpha value is -3.48. The second-order valence-electron chi connectivity index (χ2n) is 9.14. The highest BCUT2D eigenvalue weighted by molar-refractivity contribution is 5.92. The highest BCUT2D eigenvalue weighted by atomic mass is 19.4. The highest BCUT2D eigenvalue weighted by Gasteiger charge is 2.53. The zero-order valence-electron chi connectivity index (χ0n) is 18.9. The zero-order chi connectivity index (χ0) is 24.7. The summed E-state index contributed by atoms with van der Waals surface area (Å²) in [7, 11) is 3.36. The van der Waals surface area contributed by atoms with E-state index in [4.69, 9.17) is 9.68 Å². The fourth-order valence-electron chi connectivity index (χ4n) is 5.11. The summed E-state index contributed by atoms with van der Waals surface area (Å²) in [6.07, 6.45) is -2.12. The van der Waals surface area contributed by atoms with Crippen molar-refractivity contribution in [1.82, 2.24) is 9.80 Å². The van der Waals surface area contributed by atoms with Gasteiger partial charge in [-0.05, 0) is 43.2 Å². The van der Waals surface area contributed by atoms with E-state index < -0.39 is 28.6 Å². The molecule has 1 unspecified atom stereocenters. The molecule has 1 aromatic carbocycles. The van der Waals surface area contributed by atoms with Crippen LogP contribution in [-0.2, 0) is 11.0 Å². The Morgan fingerprint density at radius 2 is 1.91 bits per heavy atom. The van der Waals surface area contributed by atoms with E-state index >= 15 is 0 Å². The number of carbonyl (C=O) groups is 2. The quantitative estimate of drug-likeness (QED) is 0.679. The molecule has 1 atom stereocenters. The third-order valence-corrected chi connectivity index (χ3v) is 6.96. The molecular formula is C24H25F3N4O3. The van der Waals surface area contributed by atoms with Crippen LogP contribution < -0.4 is 4.90 Å². The van der Waals surface area contributed by atoms with Gasteiger partial charge in [0.15, 0.2) is 5.76 Å². The average Bonchev–Trinajstić information content (AvgIpc) is 3.46. The molecule has 34 heavy (non-hydrogen) atoms. The molecule has 2 aliphatic heterocycles. The molecule has 2 aliphatic rings. The van der Waals surface area contributed by atoms with Gasteiger partial charge in [-0.25, -0.2) is 0 Å². The van der Waals surface area contributed by atoms with Crippen LogP contribution in [0.5, 0.6) is 0 Å². The number of rotatable bonds is 3. The number of carbonyl (C=O) groups excluding carboxylic acids is 2. The molecule has 0 aliphatic carbocycles. The van der Waals surface area contributed by atoms with E-state index in [-0.39, 0.29) is 24.1 Å². The molecule has 4 rings (SSSR count). The summed E-state index contributed by atoms with van der Waals surface area (Å²) >= 11 is 0. The van der Waals surface area contributed by atoms with Gasteiger partial charge in [0.25, 0.3) is 5.91 Å². The van der Waals surface area contributed by atoms with Crippen LogP contribution in [0, 0.1) is 22.7 Å². The normalized spacial score (nSPS) is 19.8. The van der Waals surface area contributed by atoms with Gasteiger partial charge in [0, 0.05) is 51.4 Å². The first-order chi connectivity index (χ1) is 16.1. The summed E-state index contributed by atoms with van der Waals surface area (Å²) in [5, 5.41) is 9.05. The Balaban J connectivity index is 1.57. The minimum Gasteiger partial charge on any atom is -0.459 e. The van der Waals surface area contributed by atoms with Gasteiger partial charge in [0.05, 0.1) is 29.4 Å². The molecule has 2 aromatic rings. The number of furan rings is 1. The summed E-state index contributed by atoms with van der Waals surface area (Å²) in [5.41, 5.74) is -1.45. The fourth-order valence-corrected chi connectivity index (χ4v) is 5.11. The molecule has 0 N–H and O–H groups in total. The molecule has 1 spiro atoms. The van der Waals surface area contributed by atoms with Crippen LogP contribution in [0.4, 0.5) is 18.9 Å². The number of benzene rings is 1. The molecule has 3 heterocycles. The highest BCUT2D eigenvalue weighted by Crippen LogP contribution is 2.47. The van der Waals surface area contributed by atoms with Gasteiger partial charge in [0.2, 0.25) is 5.91 Å². The lowest BCUT2D eigenvalue weighted by Gasteiger charge is -2.43. The van der Waals surface area contributed by atoms with Crippen LogP contribution in [0.1, 0.15) is 34.5 Å². The van der Waals surface area contributed by atoms with Crippen molar-refractivity contribution >= 4 is 17.5 Å². The molecule has 0 radical (unpaired) electrons. The molecule has 0 saturated carbocycles. The molecule has 180 valence electrons. The monoisotopic (exact) mass is 474 g/mol. The van der Waals surface area contributed by atoms with Crippen molar-refractivity contribution in [3.05, 3.63) is 53.5 Å². The minimum atomic E-state index is -4.63. The number of halogens is 3. The van der Waals surface area contributed by atoms with Crippen LogP contribution >= 0.6 is 0 Å². The number of anilines is 1. The van der Waals surface area contributed by atoms with Crippen molar-refractivity contribution in [2.24, 2.45) is 11.3 Å². The van der Waals surface area contributed by atoms with Crippen molar-refractivity contribution in [1.29, 1.82) is 5.26 Å². The predicted octanol–water partition coefficient (Wildman–Crippen LogP) is 3.62. The number of alkyl halides is 3. The summed E-state index contributed by atoms with van der Waals surface area (Å²) < 4.78 is 45.5. The third kappa shape index (κ3) is 4.22. The number of likely N-dealkylation sites (tertiary alicyclic amines) is 1. The van der Waals surface area contributed by atoms with Gasteiger partial charge in [-0.3, -0.25) is 9.59 Å². The first-order valence-corrected chi connectivity index (χ1v) is 11.0. The Kier molecular flexibility index (Phi) is 6.06. The van der Waals surface area contributed by atoms with E-state index in [1.807, 2.05) is 4.90 Å². The topological polar surface area (TPSA) is 80.8 Å². The zero-order valence-corrected chi connectivity index (χ0v) is 18.9. The van der Waals surface area contributed by atoms with Crippen LogP contribution in [0.25, 0.3) is 0 Å². The number of nitriles is 1. The van der Waals surface area contributed by atoms with E-state index in [1.54, 1.807) is 37.2 Å². The number of piperidine rings is 1. The minimum absolute atomic E-state index is 0.0686. The Bertz CT molecular complexity index is 1110. The lowest BCUT2D eigenvalue weighted by atomic mass is 9.70. The van der Waals surface area contributed by atoms with Crippen molar-refractivity contribution in [3.63, 3.8) is 0 Å². The van der Waals surface area contributed by atoms with Gasteiger partial charge in [-0.2, -0.15) is 18.4 Å². The Morgan fingerprint density at radius 3 is 2.47 bits per heavy atom. The maximum Gasteiger partial charge on any atom is 0.417 e. The molecule has 1 aromatic heterocycles.